The highest BCUT2D eigenvalue weighted by molar-refractivity contribution is 6.34. The van der Waals surface area contributed by atoms with Crippen LogP contribution in [-0.2, 0) is 6.54 Å². The van der Waals surface area contributed by atoms with Crippen LogP contribution in [0.3, 0.4) is 0 Å². The lowest BCUT2D eigenvalue weighted by Crippen LogP contribution is -2.09. The Kier molecular flexibility index (Phi) is 2.84. The maximum atomic E-state index is 6.09. The van der Waals surface area contributed by atoms with Gasteiger partial charge in [-0.1, -0.05) is 23.2 Å². The molecule has 0 atom stereocenters. The van der Waals surface area contributed by atoms with Gasteiger partial charge in [-0.2, -0.15) is 0 Å². The standard InChI is InChI=1S/C11H12ClN3/c1-7-3-4-9-8(5-7)11(12)15-10(14-9)6-13-2/h3-5,13H,6H2,1-2H3. The van der Waals surface area contributed by atoms with E-state index < -0.39 is 0 Å². The zero-order chi connectivity index (χ0) is 10.8. The molecule has 0 saturated heterocycles. The molecule has 0 radical (unpaired) electrons. The number of nitrogens with zero attached hydrogens (tertiary/aromatic N) is 2. The molecule has 1 aromatic carbocycles. The van der Waals surface area contributed by atoms with E-state index in [0.717, 1.165) is 22.3 Å². The normalized spacial score (nSPS) is 10.9. The zero-order valence-electron chi connectivity index (χ0n) is 8.71. The Morgan fingerprint density at radius 3 is 2.87 bits per heavy atom. The van der Waals surface area contributed by atoms with E-state index in [1.165, 1.54) is 0 Å². The second-order valence-electron chi connectivity index (χ2n) is 3.48. The molecule has 4 heteroatoms. The number of nitrogens with one attached hydrogen (secondary N) is 1. The van der Waals surface area contributed by atoms with Crippen LogP contribution in [0.5, 0.6) is 0 Å². The van der Waals surface area contributed by atoms with Crippen molar-refractivity contribution < 1.29 is 0 Å². The summed E-state index contributed by atoms with van der Waals surface area (Å²) in [5.74, 6) is 0.721. The van der Waals surface area contributed by atoms with Gasteiger partial charge in [0.1, 0.15) is 11.0 Å². The Bertz CT molecular complexity index is 496. The average molecular weight is 222 g/mol. The molecule has 0 bridgehead atoms. The quantitative estimate of drug-likeness (QED) is 0.791. The summed E-state index contributed by atoms with van der Waals surface area (Å²) in [4.78, 5) is 8.63. The minimum absolute atomic E-state index is 0.522. The maximum absolute atomic E-state index is 6.09. The molecule has 0 aliphatic rings. The van der Waals surface area contributed by atoms with Crippen molar-refractivity contribution in [2.75, 3.05) is 7.05 Å². The largest absolute Gasteiger partial charge is 0.313 e. The predicted octanol–water partition coefficient (Wildman–Crippen LogP) is 2.31. The van der Waals surface area contributed by atoms with Crippen LogP contribution in [0.2, 0.25) is 5.15 Å². The van der Waals surface area contributed by atoms with E-state index in [2.05, 4.69) is 15.3 Å². The van der Waals surface area contributed by atoms with Gasteiger partial charge < -0.3 is 5.32 Å². The topological polar surface area (TPSA) is 37.8 Å². The lowest BCUT2D eigenvalue weighted by atomic mass is 10.2. The second kappa shape index (κ2) is 4.13. The van der Waals surface area contributed by atoms with E-state index in [0.29, 0.717) is 11.7 Å². The first-order chi connectivity index (χ1) is 7.20. The van der Waals surface area contributed by atoms with Crippen LogP contribution >= 0.6 is 11.6 Å². The van der Waals surface area contributed by atoms with Crippen LogP contribution in [0.15, 0.2) is 18.2 Å². The molecule has 0 aliphatic carbocycles. The van der Waals surface area contributed by atoms with Crippen LogP contribution in [0.25, 0.3) is 10.9 Å². The molecule has 3 nitrogen and oxygen atoms in total. The molecule has 2 aromatic rings. The number of aryl methyl sites for hydroxylation is 1. The van der Waals surface area contributed by atoms with E-state index in [-0.39, 0.29) is 0 Å². The Labute approximate surface area is 93.5 Å². The van der Waals surface area contributed by atoms with Crippen LogP contribution in [0.4, 0.5) is 0 Å². The van der Waals surface area contributed by atoms with Crippen molar-refractivity contribution in [2.45, 2.75) is 13.5 Å². The summed E-state index contributed by atoms with van der Waals surface area (Å²) in [6.45, 7) is 2.65. The molecule has 0 amide bonds. The fourth-order valence-corrected chi connectivity index (χ4v) is 1.74. The van der Waals surface area contributed by atoms with E-state index >= 15 is 0 Å². The van der Waals surface area contributed by atoms with E-state index in [4.69, 9.17) is 11.6 Å². The number of hydrogen-bond donors (Lipinski definition) is 1. The molecule has 1 N–H and O–H groups in total. The molecular formula is C11H12ClN3. The van der Waals surface area contributed by atoms with Crippen molar-refractivity contribution in [1.82, 2.24) is 15.3 Å². The number of rotatable bonds is 2. The third kappa shape index (κ3) is 2.08. The summed E-state index contributed by atoms with van der Waals surface area (Å²) >= 11 is 6.09. The molecule has 1 heterocycles. The second-order valence-corrected chi connectivity index (χ2v) is 3.84. The van der Waals surface area contributed by atoms with E-state index in [1.54, 1.807) is 0 Å². The van der Waals surface area contributed by atoms with Gasteiger partial charge in [0.2, 0.25) is 0 Å². The van der Waals surface area contributed by atoms with Crippen LogP contribution in [0, 0.1) is 6.92 Å². The predicted molar refractivity (Wildman–Crippen MR) is 62.0 cm³/mol. The van der Waals surface area contributed by atoms with Crippen molar-refractivity contribution in [3.8, 4) is 0 Å². The number of hydrogen-bond acceptors (Lipinski definition) is 3. The molecule has 0 unspecified atom stereocenters. The molecular weight excluding hydrogens is 210 g/mol. The first-order valence-electron chi connectivity index (χ1n) is 4.78. The van der Waals surface area contributed by atoms with Crippen LogP contribution in [0.1, 0.15) is 11.4 Å². The summed E-state index contributed by atoms with van der Waals surface area (Å²) in [5.41, 5.74) is 2.06. The third-order valence-electron chi connectivity index (χ3n) is 2.19. The fraction of sp³-hybridized carbons (Fsp3) is 0.273. The third-order valence-corrected chi connectivity index (χ3v) is 2.47. The van der Waals surface area contributed by atoms with Gasteiger partial charge in [-0.05, 0) is 26.1 Å². The van der Waals surface area contributed by atoms with Gasteiger partial charge in [0, 0.05) is 5.39 Å². The van der Waals surface area contributed by atoms with Gasteiger partial charge in [-0.25, -0.2) is 9.97 Å². The Balaban J connectivity index is 2.62. The van der Waals surface area contributed by atoms with Crippen molar-refractivity contribution >= 4 is 22.5 Å². The Morgan fingerprint density at radius 2 is 2.13 bits per heavy atom. The molecule has 0 aliphatic heterocycles. The van der Waals surface area contributed by atoms with Crippen LogP contribution < -0.4 is 5.32 Å². The lowest BCUT2D eigenvalue weighted by molar-refractivity contribution is 0.764. The highest BCUT2D eigenvalue weighted by Gasteiger charge is 2.05. The number of aromatic nitrogens is 2. The lowest BCUT2D eigenvalue weighted by Gasteiger charge is -2.04. The average Bonchev–Trinajstić information content (AvgIpc) is 2.20. The smallest absolute Gasteiger partial charge is 0.144 e. The van der Waals surface area contributed by atoms with Gasteiger partial charge in [-0.3, -0.25) is 0 Å². The first kappa shape index (κ1) is 10.3. The number of benzene rings is 1. The molecule has 2 rings (SSSR count). The maximum Gasteiger partial charge on any atom is 0.144 e. The number of halogens is 1. The molecule has 0 spiro atoms. The van der Waals surface area contributed by atoms with Crippen molar-refractivity contribution in [3.05, 3.63) is 34.7 Å². The van der Waals surface area contributed by atoms with Gasteiger partial charge in [0.05, 0.1) is 12.1 Å². The zero-order valence-corrected chi connectivity index (χ0v) is 9.47. The van der Waals surface area contributed by atoms with Crippen molar-refractivity contribution in [2.24, 2.45) is 0 Å². The van der Waals surface area contributed by atoms with E-state index in [9.17, 15) is 0 Å². The minimum Gasteiger partial charge on any atom is -0.313 e. The van der Waals surface area contributed by atoms with Gasteiger partial charge in [-0.15, -0.1) is 0 Å². The SMILES string of the molecule is CNCc1nc(Cl)c2cc(C)ccc2n1. The number of fused-ring (bicyclic) bond motifs is 1. The molecule has 0 saturated carbocycles. The van der Waals surface area contributed by atoms with Gasteiger partial charge >= 0.3 is 0 Å². The summed E-state index contributed by atoms with van der Waals surface area (Å²) in [5, 5.41) is 4.44. The molecule has 1 aromatic heterocycles. The summed E-state index contributed by atoms with van der Waals surface area (Å²) in [6.07, 6.45) is 0. The Morgan fingerprint density at radius 1 is 1.33 bits per heavy atom. The molecule has 15 heavy (non-hydrogen) atoms. The summed E-state index contributed by atoms with van der Waals surface area (Å²) in [7, 11) is 1.86. The molecule has 0 fully saturated rings. The monoisotopic (exact) mass is 221 g/mol. The highest BCUT2D eigenvalue weighted by atomic mass is 35.5. The Hall–Kier alpha value is -1.19. The summed E-state index contributed by atoms with van der Waals surface area (Å²) < 4.78 is 0. The van der Waals surface area contributed by atoms with Crippen LogP contribution in [-0.4, -0.2) is 17.0 Å². The minimum atomic E-state index is 0.522. The van der Waals surface area contributed by atoms with Gasteiger partial charge in [0.15, 0.2) is 0 Å². The molecule has 78 valence electrons. The highest BCUT2D eigenvalue weighted by Crippen LogP contribution is 2.21. The van der Waals surface area contributed by atoms with Crippen molar-refractivity contribution in [3.63, 3.8) is 0 Å². The first-order valence-corrected chi connectivity index (χ1v) is 5.16. The van der Waals surface area contributed by atoms with Gasteiger partial charge in [0.25, 0.3) is 0 Å². The summed E-state index contributed by atoms with van der Waals surface area (Å²) in [6, 6.07) is 5.99. The van der Waals surface area contributed by atoms with Crippen molar-refractivity contribution in [1.29, 1.82) is 0 Å². The van der Waals surface area contributed by atoms with E-state index in [1.807, 2.05) is 32.2 Å². The fourth-order valence-electron chi connectivity index (χ4n) is 1.49.